The van der Waals surface area contributed by atoms with Crippen molar-refractivity contribution in [2.45, 2.75) is 31.5 Å². The van der Waals surface area contributed by atoms with Gasteiger partial charge >= 0.3 is 0 Å². The molecule has 0 aromatic heterocycles. The summed E-state index contributed by atoms with van der Waals surface area (Å²) in [5.41, 5.74) is 0.0167. The van der Waals surface area contributed by atoms with Gasteiger partial charge in [0.05, 0.1) is 6.61 Å². The number of nitrogens with zero attached hydrogens (tertiary/aromatic N) is 2. The molecule has 0 bridgehead atoms. The first-order valence-electron chi connectivity index (χ1n) is 9.80. The maximum absolute atomic E-state index is 14.0. The molecule has 0 radical (unpaired) electrons. The van der Waals surface area contributed by atoms with Crippen molar-refractivity contribution in [2.24, 2.45) is 0 Å². The molecule has 154 valence electrons. The number of benzene rings is 2. The monoisotopic (exact) mass is 404 g/mol. The van der Waals surface area contributed by atoms with Gasteiger partial charge in [0.2, 0.25) is 0 Å². The predicted molar refractivity (Wildman–Crippen MR) is 101 cm³/mol. The number of likely N-dealkylation sites (tertiary alicyclic amines) is 1. The molecule has 4 rings (SSSR count). The Morgan fingerprint density at radius 2 is 1.62 bits per heavy atom. The predicted octanol–water partition coefficient (Wildman–Crippen LogP) is 3.50. The molecule has 1 spiro atoms. The lowest BCUT2D eigenvalue weighted by Gasteiger charge is -2.46. The molecule has 0 aliphatic carbocycles. The van der Waals surface area contributed by atoms with Crippen LogP contribution in [0.4, 0.5) is 13.2 Å². The zero-order valence-corrected chi connectivity index (χ0v) is 16.0. The van der Waals surface area contributed by atoms with Gasteiger partial charge in [-0.05, 0) is 25.0 Å². The number of carbonyl (C=O) groups excluding carboxylic acids is 1. The highest BCUT2D eigenvalue weighted by molar-refractivity contribution is 5.86. The average molecular weight is 404 g/mol. The SMILES string of the molecule is O=C1N(Cc2ccccc2F)CCOC12CCN(Cc1ccc(F)cc1F)CC2. The van der Waals surface area contributed by atoms with E-state index in [9.17, 15) is 18.0 Å². The van der Waals surface area contributed by atoms with Gasteiger partial charge in [0.25, 0.3) is 5.91 Å². The van der Waals surface area contributed by atoms with E-state index in [0.717, 1.165) is 6.07 Å². The first-order valence-corrected chi connectivity index (χ1v) is 9.80. The van der Waals surface area contributed by atoms with Crippen molar-refractivity contribution in [1.82, 2.24) is 9.80 Å². The molecule has 29 heavy (non-hydrogen) atoms. The fraction of sp³-hybridized carbons (Fsp3) is 0.409. The minimum atomic E-state index is -0.901. The third kappa shape index (κ3) is 4.16. The van der Waals surface area contributed by atoms with Crippen molar-refractivity contribution in [1.29, 1.82) is 0 Å². The van der Waals surface area contributed by atoms with Gasteiger partial charge < -0.3 is 9.64 Å². The van der Waals surface area contributed by atoms with Crippen LogP contribution in [0.3, 0.4) is 0 Å². The highest BCUT2D eigenvalue weighted by atomic mass is 19.1. The van der Waals surface area contributed by atoms with Crippen LogP contribution in [0.25, 0.3) is 0 Å². The van der Waals surface area contributed by atoms with Crippen LogP contribution in [0.15, 0.2) is 42.5 Å². The van der Waals surface area contributed by atoms with Crippen molar-refractivity contribution in [3.8, 4) is 0 Å². The highest BCUT2D eigenvalue weighted by Crippen LogP contribution is 2.33. The van der Waals surface area contributed by atoms with Gasteiger partial charge in [-0.3, -0.25) is 9.69 Å². The van der Waals surface area contributed by atoms with Gasteiger partial charge in [-0.1, -0.05) is 24.3 Å². The van der Waals surface area contributed by atoms with Crippen LogP contribution >= 0.6 is 0 Å². The summed E-state index contributed by atoms with van der Waals surface area (Å²) >= 11 is 0. The van der Waals surface area contributed by atoms with Crippen molar-refractivity contribution in [2.75, 3.05) is 26.2 Å². The molecular weight excluding hydrogens is 381 g/mol. The molecule has 2 aliphatic rings. The summed E-state index contributed by atoms with van der Waals surface area (Å²) in [4.78, 5) is 16.8. The van der Waals surface area contributed by atoms with Gasteiger partial charge in [-0.2, -0.15) is 0 Å². The number of ether oxygens (including phenoxy) is 1. The number of morpholine rings is 1. The molecule has 1 amide bonds. The number of rotatable bonds is 4. The van der Waals surface area contributed by atoms with Crippen LogP contribution in [0.2, 0.25) is 0 Å². The highest BCUT2D eigenvalue weighted by Gasteiger charge is 2.47. The minimum Gasteiger partial charge on any atom is -0.363 e. The number of halogens is 3. The quantitative estimate of drug-likeness (QED) is 0.782. The molecule has 2 aromatic rings. The summed E-state index contributed by atoms with van der Waals surface area (Å²) in [7, 11) is 0. The van der Waals surface area contributed by atoms with Crippen LogP contribution in [0, 0.1) is 17.5 Å². The Balaban J connectivity index is 1.40. The Kier molecular flexibility index (Phi) is 5.61. The molecule has 0 unspecified atom stereocenters. The zero-order chi connectivity index (χ0) is 20.4. The molecule has 2 heterocycles. The van der Waals surface area contributed by atoms with E-state index in [2.05, 4.69) is 0 Å². The maximum Gasteiger partial charge on any atom is 0.255 e. The molecule has 2 saturated heterocycles. The third-order valence-electron chi connectivity index (χ3n) is 5.81. The van der Waals surface area contributed by atoms with E-state index in [1.165, 1.54) is 18.2 Å². The summed E-state index contributed by atoms with van der Waals surface area (Å²) < 4.78 is 46.9. The average Bonchev–Trinajstić information content (AvgIpc) is 2.71. The van der Waals surface area contributed by atoms with Gasteiger partial charge in [0.15, 0.2) is 0 Å². The molecule has 2 fully saturated rings. The van der Waals surface area contributed by atoms with Crippen LogP contribution in [0.1, 0.15) is 24.0 Å². The fourth-order valence-electron chi connectivity index (χ4n) is 4.11. The van der Waals surface area contributed by atoms with Gasteiger partial charge in [-0.25, -0.2) is 13.2 Å². The second-order valence-corrected chi connectivity index (χ2v) is 7.67. The Labute approximate surface area is 167 Å². The topological polar surface area (TPSA) is 32.8 Å². The molecule has 0 atom stereocenters. The van der Waals surface area contributed by atoms with E-state index < -0.39 is 17.2 Å². The number of amides is 1. The Morgan fingerprint density at radius 3 is 2.34 bits per heavy atom. The van der Waals surface area contributed by atoms with Crippen molar-refractivity contribution in [3.63, 3.8) is 0 Å². The first kappa shape index (κ1) is 19.9. The normalized spacial score (nSPS) is 19.7. The number of hydrogen-bond acceptors (Lipinski definition) is 3. The number of hydrogen-bond donors (Lipinski definition) is 0. The molecular formula is C22H23F3N2O2. The Bertz CT molecular complexity index is 897. The van der Waals surface area contributed by atoms with E-state index in [1.54, 1.807) is 23.1 Å². The Morgan fingerprint density at radius 1 is 0.897 bits per heavy atom. The van der Waals surface area contributed by atoms with Crippen LogP contribution in [0.5, 0.6) is 0 Å². The van der Waals surface area contributed by atoms with E-state index >= 15 is 0 Å². The Hall–Kier alpha value is -2.38. The molecule has 4 nitrogen and oxygen atoms in total. The molecule has 7 heteroatoms. The molecule has 2 aliphatic heterocycles. The lowest BCUT2D eigenvalue weighted by atomic mass is 9.88. The third-order valence-corrected chi connectivity index (χ3v) is 5.81. The lowest BCUT2D eigenvalue weighted by molar-refractivity contribution is -0.180. The van der Waals surface area contributed by atoms with Gasteiger partial charge in [-0.15, -0.1) is 0 Å². The fourth-order valence-corrected chi connectivity index (χ4v) is 4.11. The molecule has 0 N–H and O–H groups in total. The molecule has 0 saturated carbocycles. The summed E-state index contributed by atoms with van der Waals surface area (Å²) in [6.07, 6.45) is 0.977. The van der Waals surface area contributed by atoms with E-state index in [0.29, 0.717) is 56.8 Å². The summed E-state index contributed by atoms with van der Waals surface area (Å²) in [6.45, 7) is 2.55. The minimum absolute atomic E-state index is 0.111. The largest absolute Gasteiger partial charge is 0.363 e. The second kappa shape index (κ2) is 8.16. The smallest absolute Gasteiger partial charge is 0.255 e. The van der Waals surface area contributed by atoms with Crippen LogP contribution in [-0.4, -0.2) is 47.5 Å². The standard InChI is InChI=1S/C22H23F3N2O2/c23-18-6-5-17(20(25)13-18)14-26-9-7-22(8-10-26)21(28)27(11-12-29-22)15-16-3-1-2-4-19(16)24/h1-6,13H,7-12,14-15H2. The van der Waals surface area contributed by atoms with E-state index in [-0.39, 0.29) is 18.3 Å². The number of carbonyl (C=O) groups is 1. The van der Waals surface area contributed by atoms with Crippen LogP contribution in [-0.2, 0) is 22.6 Å². The second-order valence-electron chi connectivity index (χ2n) is 7.67. The number of piperidine rings is 1. The van der Waals surface area contributed by atoms with E-state index in [4.69, 9.17) is 4.74 Å². The maximum atomic E-state index is 14.0. The first-order chi connectivity index (χ1) is 14.0. The van der Waals surface area contributed by atoms with Gasteiger partial charge in [0.1, 0.15) is 23.1 Å². The lowest BCUT2D eigenvalue weighted by Crippen LogP contribution is -2.60. The molecule has 2 aromatic carbocycles. The van der Waals surface area contributed by atoms with Crippen molar-refractivity contribution in [3.05, 3.63) is 71.0 Å². The van der Waals surface area contributed by atoms with Gasteiger partial charge in [0, 0.05) is 49.9 Å². The van der Waals surface area contributed by atoms with E-state index in [1.807, 2.05) is 4.90 Å². The summed E-state index contributed by atoms with van der Waals surface area (Å²) in [5.74, 6) is -1.59. The van der Waals surface area contributed by atoms with Crippen molar-refractivity contribution < 1.29 is 22.7 Å². The van der Waals surface area contributed by atoms with Crippen molar-refractivity contribution >= 4 is 5.91 Å². The van der Waals surface area contributed by atoms with Crippen LogP contribution < -0.4 is 0 Å². The summed E-state index contributed by atoms with van der Waals surface area (Å²) in [5, 5.41) is 0. The zero-order valence-electron chi connectivity index (χ0n) is 16.0. The summed E-state index contributed by atoms with van der Waals surface area (Å²) in [6, 6.07) is 10.0.